The van der Waals surface area contributed by atoms with Crippen LogP contribution in [0, 0.1) is 6.92 Å². The zero-order valence-electron chi connectivity index (χ0n) is 28.0. The van der Waals surface area contributed by atoms with Crippen LogP contribution in [-0.2, 0) is 0 Å². The maximum atomic E-state index is 4.50. The van der Waals surface area contributed by atoms with Gasteiger partial charge in [0.15, 0.2) is 0 Å². The molecule has 0 bridgehead atoms. The van der Waals surface area contributed by atoms with E-state index in [2.05, 4.69) is 178 Å². The summed E-state index contributed by atoms with van der Waals surface area (Å²) in [5, 5.41) is 4.87. The van der Waals surface area contributed by atoms with E-state index in [9.17, 15) is 0 Å². The van der Waals surface area contributed by atoms with Crippen LogP contribution in [0.5, 0.6) is 0 Å². The highest BCUT2D eigenvalue weighted by Crippen LogP contribution is 2.35. The van der Waals surface area contributed by atoms with Crippen molar-refractivity contribution in [3.63, 3.8) is 0 Å². The van der Waals surface area contributed by atoms with E-state index in [1.807, 2.05) is 18.5 Å². The Morgan fingerprint density at radius 2 is 1.53 bits per heavy atom. The van der Waals surface area contributed by atoms with Crippen molar-refractivity contribution in [1.82, 2.24) is 9.55 Å². The smallest absolute Gasteiger partial charge is 0.0571 e. The quantitative estimate of drug-likeness (QED) is 0.157. The summed E-state index contributed by atoms with van der Waals surface area (Å²) in [5.41, 5.74) is 12.1. The van der Waals surface area contributed by atoms with Crippen molar-refractivity contribution in [2.24, 2.45) is 0 Å². The van der Waals surface area contributed by atoms with E-state index in [0.717, 1.165) is 22.2 Å². The van der Waals surface area contributed by atoms with E-state index in [1.54, 1.807) is 0 Å². The van der Waals surface area contributed by atoms with E-state index in [4.69, 9.17) is 0 Å². The number of para-hydroxylation sites is 1. The molecule has 4 aromatic carbocycles. The van der Waals surface area contributed by atoms with Gasteiger partial charge in [-0.1, -0.05) is 117 Å². The van der Waals surface area contributed by atoms with Gasteiger partial charge in [0.2, 0.25) is 0 Å². The Morgan fingerprint density at radius 1 is 0.830 bits per heavy atom. The minimum atomic E-state index is 0.183. The lowest BCUT2D eigenvalue weighted by atomic mass is 9.85. The van der Waals surface area contributed by atoms with E-state index >= 15 is 0 Å². The second-order valence-corrected chi connectivity index (χ2v) is 11.9. The summed E-state index contributed by atoms with van der Waals surface area (Å²) in [5.74, 6) is 0.183. The Hall–Kier alpha value is -5.47. The third kappa shape index (κ3) is 5.84. The highest BCUT2D eigenvalue weighted by Gasteiger charge is 2.18. The average Bonchev–Trinajstić information content (AvgIpc) is 3.44. The lowest BCUT2D eigenvalue weighted by Gasteiger charge is -2.19. The molecule has 2 heterocycles. The Labute approximate surface area is 278 Å². The van der Waals surface area contributed by atoms with Gasteiger partial charge >= 0.3 is 0 Å². The van der Waals surface area contributed by atoms with Crippen molar-refractivity contribution in [3.05, 3.63) is 167 Å². The Balaban J connectivity index is 1.54. The van der Waals surface area contributed by atoms with Gasteiger partial charge in [-0.05, 0) is 113 Å². The average molecular weight is 611 g/mol. The molecule has 2 aromatic heterocycles. The van der Waals surface area contributed by atoms with Crippen LogP contribution in [0.1, 0.15) is 55.9 Å². The van der Waals surface area contributed by atoms with Crippen LogP contribution in [0.25, 0.3) is 62.4 Å². The van der Waals surface area contributed by atoms with Gasteiger partial charge in [0.05, 0.1) is 11.0 Å². The number of aromatic nitrogens is 2. The highest BCUT2D eigenvalue weighted by molar-refractivity contribution is 6.09. The molecule has 47 heavy (non-hydrogen) atoms. The number of hydrogen-bond donors (Lipinski definition) is 0. The standard InChI is InChI=1S/C45H42N2/c1-7-17-33(18-8-2)44-32(6)39(45(34-19-13-11-14-20-34)38(10-4)37(44)9-3)25-23-31(5)35-24-26-42-40(29-35)41-30-46-28-27-43(41)47(42)36-21-15-12-16-22-36/h7-31H,1H2,2-6H3/b18-8-,25-23-,33-17+,37-9+,38-10+. The molecule has 0 saturated heterocycles. The van der Waals surface area contributed by atoms with Crippen LogP contribution in [0.3, 0.4) is 0 Å². The van der Waals surface area contributed by atoms with Crippen LogP contribution >= 0.6 is 0 Å². The van der Waals surface area contributed by atoms with Crippen molar-refractivity contribution in [2.45, 2.75) is 40.5 Å². The molecule has 0 N–H and O–H groups in total. The summed E-state index contributed by atoms with van der Waals surface area (Å²) in [6.45, 7) is 14.9. The summed E-state index contributed by atoms with van der Waals surface area (Å²) in [6.07, 6.45) is 21.4. The van der Waals surface area contributed by atoms with E-state index in [1.165, 1.54) is 54.7 Å². The van der Waals surface area contributed by atoms with Crippen molar-refractivity contribution in [1.29, 1.82) is 0 Å². The maximum absolute atomic E-state index is 4.50. The number of fused-ring (bicyclic) bond motifs is 3. The third-order valence-electron chi connectivity index (χ3n) is 9.13. The molecule has 2 nitrogen and oxygen atoms in total. The third-order valence-corrected chi connectivity index (χ3v) is 9.13. The molecule has 0 amide bonds. The largest absolute Gasteiger partial charge is 0.309 e. The first-order valence-electron chi connectivity index (χ1n) is 16.4. The topological polar surface area (TPSA) is 17.8 Å². The molecule has 2 heteroatoms. The van der Waals surface area contributed by atoms with Crippen LogP contribution in [0.2, 0.25) is 0 Å². The molecule has 6 aromatic rings. The van der Waals surface area contributed by atoms with Crippen molar-refractivity contribution in [3.8, 4) is 16.8 Å². The van der Waals surface area contributed by atoms with E-state index in [-0.39, 0.29) is 5.92 Å². The second kappa shape index (κ2) is 13.9. The van der Waals surface area contributed by atoms with Crippen LogP contribution in [0.4, 0.5) is 0 Å². The fraction of sp³-hybridized carbons (Fsp3) is 0.133. The lowest BCUT2D eigenvalue weighted by Crippen LogP contribution is -2.32. The van der Waals surface area contributed by atoms with E-state index in [0.29, 0.717) is 0 Å². The number of benzene rings is 4. The molecule has 1 unspecified atom stereocenters. The molecule has 0 aliphatic rings. The predicted octanol–water partition coefficient (Wildman–Crippen LogP) is 10.7. The van der Waals surface area contributed by atoms with E-state index < -0.39 is 0 Å². The minimum Gasteiger partial charge on any atom is -0.309 e. The van der Waals surface area contributed by atoms with Gasteiger partial charge in [-0.25, -0.2) is 0 Å². The summed E-state index contributed by atoms with van der Waals surface area (Å²) < 4.78 is 2.34. The highest BCUT2D eigenvalue weighted by atomic mass is 15.0. The molecular formula is C45H42N2. The molecule has 0 saturated carbocycles. The predicted molar refractivity (Wildman–Crippen MR) is 205 cm³/mol. The Morgan fingerprint density at radius 3 is 2.21 bits per heavy atom. The molecule has 0 spiro atoms. The van der Waals surface area contributed by atoms with Crippen LogP contribution in [0.15, 0.2) is 134 Å². The molecule has 0 fully saturated rings. The van der Waals surface area contributed by atoms with Crippen molar-refractivity contribution >= 4 is 45.6 Å². The number of rotatable bonds is 8. The van der Waals surface area contributed by atoms with Crippen molar-refractivity contribution in [2.75, 3.05) is 0 Å². The molecule has 232 valence electrons. The van der Waals surface area contributed by atoms with Gasteiger partial charge in [-0.15, -0.1) is 0 Å². The summed E-state index contributed by atoms with van der Waals surface area (Å²) >= 11 is 0. The summed E-state index contributed by atoms with van der Waals surface area (Å²) in [6, 6.07) is 30.3. The fourth-order valence-electron chi connectivity index (χ4n) is 6.94. The maximum Gasteiger partial charge on any atom is 0.0571 e. The van der Waals surface area contributed by atoms with Gasteiger partial charge in [0, 0.05) is 28.9 Å². The summed E-state index contributed by atoms with van der Waals surface area (Å²) in [7, 11) is 0. The molecule has 1 atom stereocenters. The van der Waals surface area contributed by atoms with Gasteiger partial charge in [0.1, 0.15) is 0 Å². The van der Waals surface area contributed by atoms with Gasteiger partial charge < -0.3 is 4.57 Å². The summed E-state index contributed by atoms with van der Waals surface area (Å²) in [4.78, 5) is 4.50. The number of pyridine rings is 1. The van der Waals surface area contributed by atoms with Crippen LogP contribution in [-0.4, -0.2) is 9.55 Å². The van der Waals surface area contributed by atoms with Gasteiger partial charge in [-0.2, -0.15) is 0 Å². The minimum absolute atomic E-state index is 0.183. The first-order chi connectivity index (χ1) is 23.0. The molecule has 0 aliphatic heterocycles. The molecule has 0 aliphatic carbocycles. The van der Waals surface area contributed by atoms with Gasteiger partial charge in [-0.3, -0.25) is 4.98 Å². The van der Waals surface area contributed by atoms with Gasteiger partial charge in [0.25, 0.3) is 0 Å². The first-order valence-corrected chi connectivity index (χ1v) is 16.4. The Bertz CT molecular complexity index is 2300. The molecule has 6 rings (SSSR count). The fourth-order valence-corrected chi connectivity index (χ4v) is 6.94. The zero-order chi connectivity index (χ0) is 32.9. The number of nitrogens with zero attached hydrogens (tertiary/aromatic N) is 2. The van der Waals surface area contributed by atoms with Crippen LogP contribution < -0.4 is 10.4 Å². The number of allylic oxidation sites excluding steroid dienone is 6. The zero-order valence-corrected chi connectivity index (χ0v) is 28.0. The molecule has 0 radical (unpaired) electrons. The second-order valence-electron chi connectivity index (χ2n) is 11.9. The Kier molecular flexibility index (Phi) is 9.31. The van der Waals surface area contributed by atoms with Crippen molar-refractivity contribution < 1.29 is 0 Å². The lowest BCUT2D eigenvalue weighted by molar-refractivity contribution is 0.975. The first kappa shape index (κ1) is 31.5. The monoisotopic (exact) mass is 610 g/mol. The normalized spacial score (nSPS) is 13.9. The molecular weight excluding hydrogens is 569 g/mol. The SMILES string of the molecule is C=C/C=C(\C=C/C)c1c(C)c(/C=C\C(C)c2ccc3c(c2)c2cnccc2n3-c2ccccc2)c(-c2ccccc2)c(=C/C)/c1=C\C. The number of hydrogen-bond acceptors (Lipinski definition) is 1.